The smallest absolute Gasteiger partial charge is 0.175 e. The fraction of sp³-hybridized carbons (Fsp3) is 0.476. The van der Waals surface area contributed by atoms with Crippen LogP contribution in [0.5, 0.6) is 0 Å². The molecule has 3 aromatic rings. The number of hydrogen-bond donors (Lipinski definition) is 2. The predicted octanol–water partition coefficient (Wildman–Crippen LogP) is 4.29. The first-order chi connectivity index (χ1) is 13.8. The summed E-state index contributed by atoms with van der Waals surface area (Å²) in [6, 6.07) is 4.67. The fourth-order valence-electron chi connectivity index (χ4n) is 3.62. The van der Waals surface area contributed by atoms with Crippen molar-refractivity contribution in [3.05, 3.63) is 33.2 Å². The van der Waals surface area contributed by atoms with Crippen molar-refractivity contribution in [3.63, 3.8) is 0 Å². The Hall–Kier alpha value is -1.39. The van der Waals surface area contributed by atoms with Gasteiger partial charge in [-0.3, -0.25) is 0 Å². The van der Waals surface area contributed by atoms with Crippen molar-refractivity contribution >= 4 is 51.3 Å². The largest absolute Gasteiger partial charge is 0.382 e. The van der Waals surface area contributed by atoms with Gasteiger partial charge >= 0.3 is 0 Å². The molecular formula is C21H27IN6S. The molecule has 0 radical (unpaired) electrons. The highest BCUT2D eigenvalue weighted by molar-refractivity contribution is 14.1. The first-order valence-corrected chi connectivity index (χ1v) is 11.9. The number of fused-ring (bicyclic) bond motifs is 2. The first kappa shape index (κ1) is 20.9. The quantitative estimate of drug-likeness (QED) is 0.372. The van der Waals surface area contributed by atoms with Crippen molar-refractivity contribution in [1.29, 1.82) is 0 Å². The van der Waals surface area contributed by atoms with Gasteiger partial charge in [0.15, 0.2) is 22.1 Å². The third-order valence-electron chi connectivity index (χ3n) is 5.04. The Morgan fingerprint density at radius 3 is 2.72 bits per heavy atom. The number of nitrogen functional groups attached to an aromatic ring is 1. The number of halogens is 1. The number of nitrogens with one attached hydrogen (secondary N) is 1. The number of nitrogens with zero attached hydrogens (tertiary/aromatic N) is 4. The molecule has 0 amide bonds. The molecule has 2 heterocycles. The molecule has 3 N–H and O–H groups in total. The zero-order valence-corrected chi connectivity index (χ0v) is 20.1. The molecular weight excluding hydrogens is 495 g/mol. The van der Waals surface area contributed by atoms with Crippen LogP contribution in [-0.4, -0.2) is 32.6 Å². The lowest BCUT2D eigenvalue weighted by Gasteiger charge is -2.19. The van der Waals surface area contributed by atoms with Gasteiger partial charge in [0.25, 0.3) is 0 Å². The van der Waals surface area contributed by atoms with Gasteiger partial charge in [0.1, 0.15) is 6.33 Å². The highest BCUT2D eigenvalue weighted by Crippen LogP contribution is 2.36. The van der Waals surface area contributed by atoms with E-state index in [9.17, 15) is 0 Å². The number of hydrogen-bond acceptors (Lipinski definition) is 6. The lowest BCUT2D eigenvalue weighted by molar-refractivity contribution is 0.375. The van der Waals surface area contributed by atoms with Crippen LogP contribution in [-0.2, 0) is 19.4 Å². The molecule has 6 nitrogen and oxygen atoms in total. The molecule has 0 saturated heterocycles. The molecule has 1 aliphatic carbocycles. The third kappa shape index (κ3) is 4.69. The number of rotatable bonds is 6. The summed E-state index contributed by atoms with van der Waals surface area (Å²) in [4.78, 5) is 14.7. The Kier molecular flexibility index (Phi) is 6.04. The van der Waals surface area contributed by atoms with E-state index in [2.05, 4.69) is 75.3 Å². The van der Waals surface area contributed by atoms with Crippen LogP contribution in [0.1, 0.15) is 38.3 Å². The van der Waals surface area contributed by atoms with Crippen molar-refractivity contribution in [2.45, 2.75) is 56.6 Å². The van der Waals surface area contributed by atoms with E-state index in [1.54, 1.807) is 11.8 Å². The molecule has 8 heteroatoms. The Labute approximate surface area is 189 Å². The lowest BCUT2D eigenvalue weighted by atomic mass is 9.97. The second kappa shape index (κ2) is 8.39. The fourth-order valence-corrected chi connectivity index (χ4v) is 5.46. The molecule has 29 heavy (non-hydrogen) atoms. The molecule has 2 aromatic heterocycles. The summed E-state index contributed by atoms with van der Waals surface area (Å²) < 4.78 is 3.44. The van der Waals surface area contributed by atoms with Crippen LogP contribution in [0, 0.1) is 8.99 Å². The van der Waals surface area contributed by atoms with E-state index in [1.807, 2.05) is 0 Å². The molecule has 154 valence electrons. The molecule has 0 bridgehead atoms. The number of benzene rings is 1. The van der Waals surface area contributed by atoms with Crippen molar-refractivity contribution in [2.24, 2.45) is 5.41 Å². The second-order valence-corrected chi connectivity index (χ2v) is 10.9. The van der Waals surface area contributed by atoms with Gasteiger partial charge in [-0.1, -0.05) is 32.5 Å². The molecule has 0 unspecified atom stereocenters. The van der Waals surface area contributed by atoms with Crippen molar-refractivity contribution in [1.82, 2.24) is 24.8 Å². The molecule has 4 rings (SSSR count). The average molecular weight is 522 g/mol. The Bertz CT molecular complexity index is 1040. The summed E-state index contributed by atoms with van der Waals surface area (Å²) in [7, 11) is 0. The topological polar surface area (TPSA) is 81.7 Å². The standard InChI is InChI=1S/C21H27IN6S/c1-21(2,3)11-24-7-8-28-19-17(18(23)25-12-26-19)27-20(28)29-16-10-14-6-4-5-13(14)9-15(16)22/h9-10,12,24H,4-8,11H2,1-3H3,(H2,23,25,26). The van der Waals surface area contributed by atoms with Crippen LogP contribution >= 0.6 is 34.4 Å². The van der Waals surface area contributed by atoms with Gasteiger partial charge in [-0.2, -0.15) is 0 Å². The number of imidazole rings is 1. The Morgan fingerprint density at radius 1 is 1.21 bits per heavy atom. The molecule has 1 aromatic carbocycles. The minimum Gasteiger partial charge on any atom is -0.382 e. The molecule has 0 atom stereocenters. The van der Waals surface area contributed by atoms with E-state index < -0.39 is 0 Å². The maximum absolute atomic E-state index is 6.09. The normalized spacial score (nSPS) is 13.9. The summed E-state index contributed by atoms with van der Waals surface area (Å²) >= 11 is 4.14. The molecule has 0 saturated carbocycles. The summed E-state index contributed by atoms with van der Waals surface area (Å²) in [5.41, 5.74) is 10.8. The van der Waals surface area contributed by atoms with E-state index in [1.165, 1.54) is 45.2 Å². The van der Waals surface area contributed by atoms with Gasteiger partial charge in [0.05, 0.1) is 0 Å². The first-order valence-electron chi connectivity index (χ1n) is 9.98. The molecule has 0 fully saturated rings. The SMILES string of the molecule is CC(C)(C)CNCCn1c(Sc2cc3c(cc2I)CCC3)nc2c(N)ncnc21. The number of aromatic nitrogens is 4. The lowest BCUT2D eigenvalue weighted by Crippen LogP contribution is -2.29. The van der Waals surface area contributed by atoms with Crippen LogP contribution in [0.15, 0.2) is 28.5 Å². The number of anilines is 1. The average Bonchev–Trinajstić information content (AvgIpc) is 3.23. The van der Waals surface area contributed by atoms with Crippen molar-refractivity contribution < 1.29 is 0 Å². The monoisotopic (exact) mass is 522 g/mol. The van der Waals surface area contributed by atoms with Gasteiger partial charge in [0.2, 0.25) is 0 Å². The summed E-state index contributed by atoms with van der Waals surface area (Å²) in [5.74, 6) is 0.432. The zero-order valence-electron chi connectivity index (χ0n) is 17.1. The molecule has 0 spiro atoms. The number of aryl methyl sites for hydroxylation is 2. The Morgan fingerprint density at radius 2 is 1.97 bits per heavy atom. The van der Waals surface area contributed by atoms with Crippen molar-refractivity contribution in [2.75, 3.05) is 18.8 Å². The predicted molar refractivity (Wildman–Crippen MR) is 127 cm³/mol. The minimum atomic E-state index is 0.252. The minimum absolute atomic E-state index is 0.252. The van der Waals surface area contributed by atoms with E-state index in [4.69, 9.17) is 10.7 Å². The van der Waals surface area contributed by atoms with Gasteiger partial charge in [0, 0.05) is 28.1 Å². The van der Waals surface area contributed by atoms with Gasteiger partial charge < -0.3 is 15.6 Å². The van der Waals surface area contributed by atoms with E-state index in [0.717, 1.165) is 30.4 Å². The van der Waals surface area contributed by atoms with Crippen LogP contribution in [0.25, 0.3) is 11.2 Å². The van der Waals surface area contributed by atoms with Gasteiger partial charge in [-0.05, 0) is 70.5 Å². The zero-order chi connectivity index (χ0) is 20.6. The highest BCUT2D eigenvalue weighted by Gasteiger charge is 2.19. The summed E-state index contributed by atoms with van der Waals surface area (Å²) in [6.07, 6.45) is 5.14. The molecule has 0 aliphatic heterocycles. The van der Waals surface area contributed by atoms with E-state index in [0.29, 0.717) is 11.3 Å². The van der Waals surface area contributed by atoms with Gasteiger partial charge in [-0.25, -0.2) is 15.0 Å². The Balaban J connectivity index is 1.64. The molecule has 1 aliphatic rings. The van der Waals surface area contributed by atoms with Crippen LogP contribution < -0.4 is 11.1 Å². The second-order valence-electron chi connectivity index (χ2n) is 8.72. The highest BCUT2D eigenvalue weighted by atomic mass is 127. The van der Waals surface area contributed by atoms with Crippen molar-refractivity contribution in [3.8, 4) is 0 Å². The van der Waals surface area contributed by atoms with Crippen LogP contribution in [0.3, 0.4) is 0 Å². The van der Waals surface area contributed by atoms with E-state index in [-0.39, 0.29) is 5.41 Å². The number of nitrogens with two attached hydrogens (primary N) is 1. The maximum Gasteiger partial charge on any atom is 0.175 e. The summed E-state index contributed by atoms with van der Waals surface area (Å²) in [6.45, 7) is 9.29. The summed E-state index contributed by atoms with van der Waals surface area (Å²) in [5, 5.41) is 4.46. The third-order valence-corrected chi connectivity index (χ3v) is 7.35. The van der Waals surface area contributed by atoms with E-state index >= 15 is 0 Å². The maximum atomic E-state index is 6.09. The van der Waals surface area contributed by atoms with Crippen LogP contribution in [0.4, 0.5) is 5.82 Å². The van der Waals surface area contributed by atoms with Gasteiger partial charge in [-0.15, -0.1) is 0 Å². The van der Waals surface area contributed by atoms with Crippen LogP contribution in [0.2, 0.25) is 0 Å².